The minimum Gasteiger partial charge on any atom is -0.350 e. The molecule has 1 aliphatic carbocycles. The molecule has 2 amide bonds. The maximum Gasteiger partial charge on any atom is 0.278 e. The first kappa shape index (κ1) is 22.0. The lowest BCUT2D eigenvalue weighted by molar-refractivity contribution is -0.124. The van der Waals surface area contributed by atoms with E-state index in [1.807, 2.05) is 74.7 Å². The molecule has 7 heteroatoms. The number of anilines is 1. The van der Waals surface area contributed by atoms with E-state index in [-0.39, 0.29) is 23.4 Å². The summed E-state index contributed by atoms with van der Waals surface area (Å²) in [7, 11) is 0. The molecule has 5 nitrogen and oxygen atoms in total. The molecule has 2 heterocycles. The predicted molar refractivity (Wildman–Crippen MR) is 132 cm³/mol. The van der Waals surface area contributed by atoms with Crippen molar-refractivity contribution in [1.82, 2.24) is 10.3 Å². The topological polar surface area (TPSA) is 62.3 Å². The van der Waals surface area contributed by atoms with E-state index in [4.69, 9.17) is 6.42 Å². The van der Waals surface area contributed by atoms with Crippen LogP contribution in [0.2, 0.25) is 0 Å². The van der Waals surface area contributed by atoms with Gasteiger partial charge in [-0.3, -0.25) is 14.5 Å². The predicted octanol–water partition coefficient (Wildman–Crippen LogP) is 5.01. The van der Waals surface area contributed by atoms with Gasteiger partial charge in [0.15, 0.2) is 5.01 Å². The Kier molecular flexibility index (Phi) is 6.00. The van der Waals surface area contributed by atoms with Gasteiger partial charge < -0.3 is 5.32 Å². The SMILES string of the molecule is C#Cc1nc(C(=O)N(c2cccc3sccc23)C(C(=O)NC(C)(C)C)C2C=CC=C2)cs1. The fraction of sp³-hybridized carbons (Fsp3) is 0.240. The molecule has 1 aromatic carbocycles. The first-order valence-corrected chi connectivity index (χ1v) is 11.9. The van der Waals surface area contributed by atoms with Gasteiger partial charge in [-0.2, -0.15) is 0 Å². The normalized spacial score (nSPS) is 14.4. The molecule has 0 spiro atoms. The van der Waals surface area contributed by atoms with E-state index in [0.29, 0.717) is 10.7 Å². The number of carbonyl (C=O) groups excluding carboxylic acids is 2. The fourth-order valence-corrected chi connectivity index (χ4v) is 5.11. The molecule has 1 aliphatic rings. The standard InChI is InChI=1S/C25H23N3O2S2/c1-5-21-26-18(15-32-21)24(30)28(19-11-8-12-20-17(19)13-14-31-20)22(16-9-6-7-10-16)23(29)27-25(2,3)4/h1,6-16,22H,2-4H3,(H,27,29). The first-order chi connectivity index (χ1) is 15.3. The second-order valence-electron chi connectivity index (χ2n) is 8.50. The second kappa shape index (κ2) is 8.73. The van der Waals surface area contributed by atoms with Crippen molar-refractivity contribution < 1.29 is 9.59 Å². The van der Waals surface area contributed by atoms with Crippen LogP contribution in [-0.2, 0) is 4.79 Å². The molecule has 0 saturated heterocycles. The molecule has 4 rings (SSSR count). The number of amides is 2. The van der Waals surface area contributed by atoms with Gasteiger partial charge in [0.25, 0.3) is 5.91 Å². The Balaban J connectivity index is 1.89. The van der Waals surface area contributed by atoms with Gasteiger partial charge in [0.05, 0.1) is 5.69 Å². The minimum absolute atomic E-state index is 0.230. The van der Waals surface area contributed by atoms with Crippen molar-refractivity contribution in [3.8, 4) is 12.3 Å². The highest BCUT2D eigenvalue weighted by molar-refractivity contribution is 7.17. The largest absolute Gasteiger partial charge is 0.350 e. The number of fused-ring (bicyclic) bond motifs is 1. The molecule has 1 atom stereocenters. The van der Waals surface area contributed by atoms with Crippen molar-refractivity contribution >= 4 is 50.3 Å². The summed E-state index contributed by atoms with van der Waals surface area (Å²) in [6.07, 6.45) is 13.2. The van der Waals surface area contributed by atoms with E-state index in [0.717, 1.165) is 10.1 Å². The van der Waals surface area contributed by atoms with Crippen LogP contribution in [0.25, 0.3) is 10.1 Å². The van der Waals surface area contributed by atoms with Gasteiger partial charge in [0.1, 0.15) is 11.7 Å². The van der Waals surface area contributed by atoms with Gasteiger partial charge in [-0.1, -0.05) is 30.4 Å². The lowest BCUT2D eigenvalue weighted by Gasteiger charge is -2.35. The number of nitrogens with zero attached hydrogens (tertiary/aromatic N) is 2. The van der Waals surface area contributed by atoms with E-state index >= 15 is 0 Å². The van der Waals surface area contributed by atoms with Gasteiger partial charge in [-0.15, -0.1) is 29.1 Å². The lowest BCUT2D eigenvalue weighted by Crippen LogP contribution is -2.56. The Labute approximate surface area is 195 Å². The highest BCUT2D eigenvalue weighted by Crippen LogP contribution is 2.35. The van der Waals surface area contributed by atoms with Crippen molar-refractivity contribution in [2.75, 3.05) is 4.90 Å². The molecular weight excluding hydrogens is 438 g/mol. The molecule has 1 unspecified atom stereocenters. The molecule has 0 bridgehead atoms. The van der Waals surface area contributed by atoms with Crippen LogP contribution in [-0.4, -0.2) is 28.4 Å². The van der Waals surface area contributed by atoms with Crippen LogP contribution in [0, 0.1) is 18.3 Å². The quantitative estimate of drug-likeness (QED) is 0.543. The average Bonchev–Trinajstić information content (AvgIpc) is 3.51. The van der Waals surface area contributed by atoms with Crippen molar-refractivity contribution in [1.29, 1.82) is 0 Å². The summed E-state index contributed by atoms with van der Waals surface area (Å²) in [5.74, 6) is 1.62. The average molecular weight is 462 g/mol. The number of terminal acetylenes is 1. The van der Waals surface area contributed by atoms with Crippen LogP contribution in [0.15, 0.2) is 59.3 Å². The Hall–Kier alpha value is -3.21. The second-order valence-corrected chi connectivity index (χ2v) is 10.3. The van der Waals surface area contributed by atoms with Crippen LogP contribution < -0.4 is 10.2 Å². The third-order valence-corrected chi connectivity index (χ3v) is 6.64. The summed E-state index contributed by atoms with van der Waals surface area (Å²) >= 11 is 2.83. The third kappa shape index (κ3) is 4.38. The summed E-state index contributed by atoms with van der Waals surface area (Å²) in [5, 5.41) is 8.04. The number of allylic oxidation sites excluding steroid dienone is 2. The lowest BCUT2D eigenvalue weighted by atomic mass is 9.95. The summed E-state index contributed by atoms with van der Waals surface area (Å²) in [4.78, 5) is 33.4. The molecular formula is C25H23N3O2S2. The van der Waals surface area contributed by atoms with E-state index in [1.165, 1.54) is 11.3 Å². The van der Waals surface area contributed by atoms with E-state index in [9.17, 15) is 9.59 Å². The summed E-state index contributed by atoms with van der Waals surface area (Å²) in [5.41, 5.74) is 0.448. The fourth-order valence-electron chi connectivity index (χ4n) is 3.70. The molecule has 0 fully saturated rings. The first-order valence-electron chi connectivity index (χ1n) is 10.2. The number of nitrogens with one attached hydrogen (secondary N) is 1. The number of hydrogen-bond donors (Lipinski definition) is 1. The van der Waals surface area contributed by atoms with Crippen molar-refractivity contribution in [3.05, 3.63) is 70.0 Å². The van der Waals surface area contributed by atoms with Gasteiger partial charge in [0, 0.05) is 26.9 Å². The summed E-state index contributed by atoms with van der Waals surface area (Å²) in [6.45, 7) is 5.77. The number of carbonyl (C=O) groups is 2. The van der Waals surface area contributed by atoms with Crippen molar-refractivity contribution in [2.45, 2.75) is 32.4 Å². The van der Waals surface area contributed by atoms with E-state index in [1.54, 1.807) is 21.6 Å². The van der Waals surface area contributed by atoms with E-state index < -0.39 is 11.6 Å². The van der Waals surface area contributed by atoms with Crippen molar-refractivity contribution in [2.24, 2.45) is 5.92 Å². The third-order valence-electron chi connectivity index (χ3n) is 4.99. The highest BCUT2D eigenvalue weighted by Gasteiger charge is 2.39. The van der Waals surface area contributed by atoms with Crippen LogP contribution >= 0.6 is 22.7 Å². The Morgan fingerprint density at radius 3 is 2.59 bits per heavy atom. The monoisotopic (exact) mass is 461 g/mol. The number of thiophene rings is 1. The number of hydrogen-bond acceptors (Lipinski definition) is 5. The number of thiazole rings is 1. The van der Waals surface area contributed by atoms with Gasteiger partial charge >= 0.3 is 0 Å². The molecule has 0 aliphatic heterocycles. The van der Waals surface area contributed by atoms with Crippen LogP contribution in [0.5, 0.6) is 0 Å². The summed E-state index contributed by atoms with van der Waals surface area (Å²) in [6, 6.07) is 6.97. The maximum atomic E-state index is 13.9. The zero-order valence-corrected chi connectivity index (χ0v) is 19.7. The highest BCUT2D eigenvalue weighted by atomic mass is 32.1. The number of rotatable bonds is 5. The molecule has 0 saturated carbocycles. The molecule has 32 heavy (non-hydrogen) atoms. The van der Waals surface area contributed by atoms with Crippen LogP contribution in [0.3, 0.4) is 0 Å². The van der Waals surface area contributed by atoms with Gasteiger partial charge in [-0.25, -0.2) is 4.98 Å². The molecule has 162 valence electrons. The molecule has 2 aromatic heterocycles. The van der Waals surface area contributed by atoms with Crippen molar-refractivity contribution in [3.63, 3.8) is 0 Å². The van der Waals surface area contributed by atoms with E-state index in [2.05, 4.69) is 16.2 Å². The van der Waals surface area contributed by atoms with Gasteiger partial charge in [-0.05, 0) is 50.3 Å². The minimum atomic E-state index is -0.793. The molecule has 3 aromatic rings. The maximum absolute atomic E-state index is 13.9. The zero-order chi connectivity index (χ0) is 22.9. The van der Waals surface area contributed by atoms with Crippen LogP contribution in [0.4, 0.5) is 5.69 Å². The molecule has 0 radical (unpaired) electrons. The Morgan fingerprint density at radius 2 is 1.94 bits per heavy atom. The van der Waals surface area contributed by atoms with Crippen LogP contribution in [0.1, 0.15) is 36.3 Å². The van der Waals surface area contributed by atoms with Gasteiger partial charge in [0.2, 0.25) is 5.91 Å². The number of aromatic nitrogens is 1. The Morgan fingerprint density at radius 1 is 1.19 bits per heavy atom. The smallest absolute Gasteiger partial charge is 0.278 e. The summed E-state index contributed by atoms with van der Waals surface area (Å²) < 4.78 is 1.04. The zero-order valence-electron chi connectivity index (χ0n) is 18.0. The molecule has 1 N–H and O–H groups in total. The number of benzene rings is 1. The Bertz CT molecular complexity index is 1260.